The third-order valence-electron chi connectivity index (χ3n) is 4.85. The van der Waals surface area contributed by atoms with Crippen LogP contribution in [-0.2, 0) is 0 Å². The van der Waals surface area contributed by atoms with Crippen LogP contribution in [0.15, 0.2) is 42.3 Å². The van der Waals surface area contributed by atoms with E-state index in [1.54, 1.807) is 17.7 Å². The first-order valence-corrected chi connectivity index (χ1v) is 9.93. The first-order chi connectivity index (χ1) is 12.8. The third-order valence-corrected chi connectivity index (χ3v) is 5.93. The topological polar surface area (TPSA) is 53.9 Å². The molecule has 0 bridgehead atoms. The second-order valence-electron chi connectivity index (χ2n) is 6.65. The van der Waals surface area contributed by atoms with E-state index < -0.39 is 0 Å². The molecule has 1 fully saturated rings. The van der Waals surface area contributed by atoms with Crippen molar-refractivity contribution >= 4 is 33.4 Å². The molecular formula is C20H23N5S. The summed E-state index contributed by atoms with van der Waals surface area (Å²) in [6.07, 6.45) is 11.9. The summed E-state index contributed by atoms with van der Waals surface area (Å²) in [5.74, 6) is 1.10. The van der Waals surface area contributed by atoms with Crippen LogP contribution in [-0.4, -0.2) is 40.6 Å². The zero-order chi connectivity index (χ0) is 17.8. The lowest BCUT2D eigenvalue weighted by molar-refractivity contribution is 0.429. The molecule has 1 N–H and O–H groups in total. The van der Waals surface area contributed by atoms with Crippen molar-refractivity contribution in [2.24, 2.45) is 0 Å². The van der Waals surface area contributed by atoms with Gasteiger partial charge >= 0.3 is 0 Å². The largest absolute Gasteiger partial charge is 0.355 e. The number of nitrogens with one attached hydrogen (secondary N) is 1. The maximum atomic E-state index is 4.57. The van der Waals surface area contributed by atoms with Gasteiger partial charge in [0.2, 0.25) is 0 Å². The summed E-state index contributed by atoms with van der Waals surface area (Å²) in [5.41, 5.74) is 3.53. The molecule has 0 aromatic carbocycles. The van der Waals surface area contributed by atoms with Gasteiger partial charge in [-0.05, 0) is 48.4 Å². The van der Waals surface area contributed by atoms with Gasteiger partial charge in [0, 0.05) is 38.1 Å². The van der Waals surface area contributed by atoms with Gasteiger partial charge < -0.3 is 10.2 Å². The van der Waals surface area contributed by atoms with Crippen LogP contribution in [0.3, 0.4) is 0 Å². The minimum atomic E-state index is 0.565. The van der Waals surface area contributed by atoms with Crippen molar-refractivity contribution < 1.29 is 0 Å². The molecule has 6 heteroatoms. The number of thiophene rings is 1. The van der Waals surface area contributed by atoms with Crippen LogP contribution in [0, 0.1) is 6.92 Å². The van der Waals surface area contributed by atoms with Crippen LogP contribution < -0.4 is 10.2 Å². The standard InChI is InChI=1S/C20H23N5S/c1-15-13-26-19-18(15)23-14-24-20(19)25-11-6-17(7-12-25)22-8-2-3-16-4-9-21-10-5-16/h2-5,9-10,13-14,17,22H,6-8,11-12H2,1H3/b3-2+. The minimum Gasteiger partial charge on any atom is -0.355 e. The van der Waals surface area contributed by atoms with Gasteiger partial charge in [0.15, 0.2) is 0 Å². The Balaban J connectivity index is 1.31. The monoisotopic (exact) mass is 365 g/mol. The van der Waals surface area contributed by atoms with Crippen LogP contribution >= 0.6 is 11.3 Å². The first-order valence-electron chi connectivity index (χ1n) is 9.05. The quantitative estimate of drug-likeness (QED) is 0.748. The number of hydrogen-bond acceptors (Lipinski definition) is 6. The Bertz CT molecular complexity index is 882. The number of piperidine rings is 1. The summed E-state index contributed by atoms with van der Waals surface area (Å²) < 4.78 is 1.22. The Labute approximate surface area is 157 Å². The predicted molar refractivity (Wildman–Crippen MR) is 109 cm³/mol. The third kappa shape index (κ3) is 3.76. The molecular weight excluding hydrogens is 342 g/mol. The highest BCUT2D eigenvalue weighted by molar-refractivity contribution is 7.18. The second kappa shape index (κ2) is 7.93. The summed E-state index contributed by atoms with van der Waals surface area (Å²) in [6, 6.07) is 4.60. The zero-order valence-corrected chi connectivity index (χ0v) is 15.7. The highest BCUT2D eigenvalue weighted by Gasteiger charge is 2.21. The molecule has 1 aliphatic heterocycles. The molecule has 4 heterocycles. The van der Waals surface area contributed by atoms with Crippen LogP contribution in [0.1, 0.15) is 24.0 Å². The van der Waals surface area contributed by atoms with E-state index >= 15 is 0 Å². The van der Waals surface area contributed by atoms with Crippen molar-refractivity contribution in [3.8, 4) is 0 Å². The SMILES string of the molecule is Cc1csc2c(N3CCC(NC/C=C/c4ccncc4)CC3)ncnc12. The van der Waals surface area contributed by atoms with E-state index in [4.69, 9.17) is 0 Å². The zero-order valence-electron chi connectivity index (χ0n) is 14.9. The van der Waals surface area contributed by atoms with Crippen molar-refractivity contribution in [3.63, 3.8) is 0 Å². The number of aromatic nitrogens is 3. The fraction of sp³-hybridized carbons (Fsp3) is 0.350. The summed E-state index contributed by atoms with van der Waals surface area (Å²) in [4.78, 5) is 15.4. The number of hydrogen-bond donors (Lipinski definition) is 1. The maximum Gasteiger partial charge on any atom is 0.150 e. The molecule has 0 radical (unpaired) electrons. The van der Waals surface area contributed by atoms with Crippen molar-refractivity contribution in [1.82, 2.24) is 20.3 Å². The van der Waals surface area contributed by atoms with Gasteiger partial charge in [-0.25, -0.2) is 9.97 Å². The second-order valence-corrected chi connectivity index (χ2v) is 7.53. The molecule has 0 aliphatic carbocycles. The van der Waals surface area contributed by atoms with Gasteiger partial charge in [0.1, 0.15) is 12.1 Å². The summed E-state index contributed by atoms with van der Waals surface area (Å²) in [5, 5.41) is 5.82. The average Bonchev–Trinajstić information content (AvgIpc) is 3.08. The lowest BCUT2D eigenvalue weighted by Crippen LogP contribution is -2.42. The molecule has 0 atom stereocenters. The molecule has 5 nitrogen and oxygen atoms in total. The number of rotatable bonds is 5. The molecule has 3 aromatic heterocycles. The van der Waals surface area contributed by atoms with E-state index in [0.717, 1.165) is 43.8 Å². The van der Waals surface area contributed by atoms with Crippen molar-refractivity contribution in [3.05, 3.63) is 53.4 Å². The van der Waals surface area contributed by atoms with Crippen molar-refractivity contribution in [2.45, 2.75) is 25.8 Å². The van der Waals surface area contributed by atoms with Gasteiger partial charge in [-0.1, -0.05) is 12.2 Å². The Morgan fingerprint density at radius 2 is 2.04 bits per heavy atom. The fourth-order valence-electron chi connectivity index (χ4n) is 3.38. The van der Waals surface area contributed by atoms with E-state index in [1.807, 2.05) is 24.5 Å². The highest BCUT2D eigenvalue weighted by Crippen LogP contribution is 2.32. The fourth-order valence-corrected chi connectivity index (χ4v) is 4.40. The molecule has 134 valence electrons. The number of nitrogens with zero attached hydrogens (tertiary/aromatic N) is 4. The highest BCUT2D eigenvalue weighted by atomic mass is 32.1. The van der Waals surface area contributed by atoms with E-state index in [0.29, 0.717) is 6.04 Å². The summed E-state index contributed by atoms with van der Waals surface area (Å²) in [7, 11) is 0. The van der Waals surface area contributed by atoms with Crippen LogP contribution in [0.4, 0.5) is 5.82 Å². The van der Waals surface area contributed by atoms with Crippen molar-refractivity contribution in [1.29, 1.82) is 0 Å². The Morgan fingerprint density at radius 1 is 1.23 bits per heavy atom. The smallest absolute Gasteiger partial charge is 0.150 e. The van der Waals surface area contributed by atoms with Gasteiger partial charge in [-0.15, -0.1) is 11.3 Å². The number of pyridine rings is 1. The molecule has 26 heavy (non-hydrogen) atoms. The summed E-state index contributed by atoms with van der Waals surface area (Å²) >= 11 is 1.75. The first kappa shape index (κ1) is 17.1. The maximum absolute atomic E-state index is 4.57. The Morgan fingerprint density at radius 3 is 2.85 bits per heavy atom. The average molecular weight is 366 g/mol. The molecule has 0 spiro atoms. The number of aryl methyl sites for hydroxylation is 1. The van der Waals surface area contributed by atoms with Gasteiger partial charge in [-0.2, -0.15) is 0 Å². The van der Waals surface area contributed by atoms with Crippen LogP contribution in [0.2, 0.25) is 0 Å². The molecule has 3 aromatic rings. The molecule has 0 saturated carbocycles. The number of fused-ring (bicyclic) bond motifs is 1. The van der Waals surface area contributed by atoms with Gasteiger partial charge in [0.25, 0.3) is 0 Å². The Hall–Kier alpha value is -2.31. The van der Waals surface area contributed by atoms with Crippen molar-refractivity contribution in [2.75, 3.05) is 24.5 Å². The van der Waals surface area contributed by atoms with E-state index in [9.17, 15) is 0 Å². The van der Waals surface area contributed by atoms with E-state index in [1.165, 1.54) is 15.8 Å². The molecule has 0 amide bonds. The Kier molecular flexibility index (Phi) is 5.22. The van der Waals surface area contributed by atoms with Crippen LogP contribution in [0.5, 0.6) is 0 Å². The van der Waals surface area contributed by atoms with Gasteiger partial charge in [-0.3, -0.25) is 4.98 Å². The predicted octanol–water partition coefficient (Wildman–Crippen LogP) is 3.67. The normalized spacial score (nSPS) is 16.0. The van der Waals surface area contributed by atoms with E-state index in [2.05, 4.69) is 49.6 Å². The molecule has 1 saturated heterocycles. The molecule has 0 unspecified atom stereocenters. The molecule has 4 rings (SSSR count). The van der Waals surface area contributed by atoms with E-state index in [-0.39, 0.29) is 0 Å². The lowest BCUT2D eigenvalue weighted by atomic mass is 10.0. The summed E-state index contributed by atoms with van der Waals surface area (Å²) in [6.45, 7) is 5.09. The number of anilines is 1. The molecule has 1 aliphatic rings. The van der Waals surface area contributed by atoms with Crippen LogP contribution in [0.25, 0.3) is 16.3 Å². The minimum absolute atomic E-state index is 0.565. The lowest BCUT2D eigenvalue weighted by Gasteiger charge is -2.33. The van der Waals surface area contributed by atoms with Gasteiger partial charge in [0.05, 0.1) is 10.2 Å².